The Morgan fingerprint density at radius 1 is 1.62 bits per heavy atom. The van der Waals surface area contributed by atoms with Gasteiger partial charge in [0.2, 0.25) is 0 Å². The van der Waals surface area contributed by atoms with Crippen molar-refractivity contribution < 1.29 is 0 Å². The Morgan fingerprint density at radius 3 is 2.62 bits per heavy atom. The summed E-state index contributed by atoms with van der Waals surface area (Å²) in [6.45, 7) is 5.13. The molecule has 1 unspecified atom stereocenters. The molecule has 0 aliphatic rings. The van der Waals surface area contributed by atoms with Crippen LogP contribution in [0, 0.1) is 5.92 Å². The van der Waals surface area contributed by atoms with E-state index in [1.165, 1.54) is 12.8 Å². The number of hydrogen-bond acceptors (Lipinski definition) is 0. The average Bonchev–Trinajstić information content (AvgIpc) is 1.68. The van der Waals surface area contributed by atoms with Crippen LogP contribution in [0.25, 0.3) is 4.84 Å². The van der Waals surface area contributed by atoms with Gasteiger partial charge in [0.1, 0.15) is 0 Å². The molecule has 0 aromatic rings. The first kappa shape index (κ1) is 8.25. The summed E-state index contributed by atoms with van der Waals surface area (Å²) in [5.74, 6) is 0.664. The van der Waals surface area contributed by atoms with Crippen molar-refractivity contribution in [1.29, 1.82) is 0 Å². The fourth-order valence-corrected chi connectivity index (χ4v) is 0.937. The summed E-state index contributed by atoms with van der Waals surface area (Å²) in [5.41, 5.74) is 0. The summed E-state index contributed by atoms with van der Waals surface area (Å²) in [5, 5.41) is 0. The first-order valence-corrected chi connectivity index (χ1v) is 3.42. The molecule has 0 fully saturated rings. The van der Waals surface area contributed by atoms with Gasteiger partial charge in [0, 0.05) is 0 Å². The quantitative estimate of drug-likeness (QED) is 0.562. The molecule has 0 bridgehead atoms. The molecule has 0 spiro atoms. The Morgan fingerprint density at radius 2 is 2.25 bits per heavy atom. The van der Waals surface area contributed by atoms with Crippen LogP contribution in [0.5, 0.6) is 0 Å². The third-order valence-corrected chi connectivity index (χ3v) is 1.30. The van der Waals surface area contributed by atoms with Gasteiger partial charge in [-0.25, -0.2) is 0 Å². The summed E-state index contributed by atoms with van der Waals surface area (Å²) >= 11 is 5.16. The largest absolute Gasteiger partial charge is 0.575 e. The van der Waals surface area contributed by atoms with Crippen molar-refractivity contribution in [2.45, 2.75) is 26.7 Å². The van der Waals surface area contributed by atoms with Crippen molar-refractivity contribution in [3.05, 3.63) is 4.84 Å². The van der Waals surface area contributed by atoms with Crippen molar-refractivity contribution in [3.63, 3.8) is 0 Å². The number of hydrogen-bond donors (Lipinski definition) is 0. The van der Waals surface area contributed by atoms with E-state index in [-0.39, 0.29) is 0 Å². The fraction of sp³-hybridized carbons (Fsp3) is 1.00. The van der Waals surface area contributed by atoms with E-state index in [4.69, 9.17) is 11.8 Å². The molecule has 2 heteroatoms. The Labute approximate surface area is 56.5 Å². The van der Waals surface area contributed by atoms with E-state index in [9.17, 15) is 0 Å². The maximum Gasteiger partial charge on any atom is -0.0526 e. The molecular formula is C6H13ClN-. The minimum absolute atomic E-state index is 0.664. The molecule has 0 heterocycles. The maximum atomic E-state index is 5.16. The topological polar surface area (TPSA) is 14.1 Å². The second-order valence-electron chi connectivity index (χ2n) is 2.20. The lowest BCUT2D eigenvalue weighted by molar-refractivity contribution is 0.561. The van der Waals surface area contributed by atoms with Crippen molar-refractivity contribution >= 4 is 11.8 Å². The highest BCUT2D eigenvalue weighted by atomic mass is 35.5. The smallest absolute Gasteiger partial charge is 0.0526 e. The van der Waals surface area contributed by atoms with E-state index < -0.39 is 0 Å². The first-order chi connectivity index (χ1) is 3.81. The lowest BCUT2D eigenvalue weighted by Gasteiger charge is -2.15. The van der Waals surface area contributed by atoms with Gasteiger partial charge in [-0.2, -0.15) is 0 Å². The molecule has 0 radical (unpaired) electrons. The van der Waals surface area contributed by atoms with Crippen molar-refractivity contribution in [2.24, 2.45) is 5.92 Å². The van der Waals surface area contributed by atoms with Crippen LogP contribution in [0.2, 0.25) is 0 Å². The van der Waals surface area contributed by atoms with Gasteiger partial charge in [0.05, 0.1) is 0 Å². The summed E-state index contributed by atoms with van der Waals surface area (Å²) in [7, 11) is 0. The molecule has 0 saturated heterocycles. The SMILES string of the molecule is CCCC(C)C[N-]Cl. The van der Waals surface area contributed by atoms with Crippen LogP contribution in [0.3, 0.4) is 0 Å². The number of nitrogens with zero attached hydrogens (tertiary/aromatic N) is 1. The summed E-state index contributed by atoms with van der Waals surface area (Å²) < 4.78 is 0. The molecular weight excluding hydrogens is 122 g/mol. The van der Waals surface area contributed by atoms with Crippen molar-refractivity contribution in [3.8, 4) is 0 Å². The molecule has 50 valence electrons. The predicted molar refractivity (Wildman–Crippen MR) is 38.2 cm³/mol. The molecule has 8 heavy (non-hydrogen) atoms. The summed E-state index contributed by atoms with van der Waals surface area (Å²) in [6.07, 6.45) is 2.46. The second kappa shape index (κ2) is 5.39. The van der Waals surface area contributed by atoms with Crippen molar-refractivity contribution in [2.75, 3.05) is 6.54 Å². The first-order valence-electron chi connectivity index (χ1n) is 3.09. The maximum absolute atomic E-state index is 5.16. The number of rotatable bonds is 4. The highest BCUT2D eigenvalue weighted by Gasteiger charge is 1.90. The van der Waals surface area contributed by atoms with E-state index in [2.05, 4.69) is 18.7 Å². The lowest BCUT2D eigenvalue weighted by Crippen LogP contribution is -1.96. The molecule has 0 amide bonds. The van der Waals surface area contributed by atoms with Gasteiger partial charge in [-0.1, -0.05) is 32.6 Å². The highest BCUT2D eigenvalue weighted by molar-refractivity contribution is 6.24. The standard InChI is InChI=1S/C6H13ClN/c1-3-4-6(2)5-8-7/h6H,3-5H2,1-2H3/q-1. The van der Waals surface area contributed by atoms with Crippen LogP contribution >= 0.6 is 11.8 Å². The highest BCUT2D eigenvalue weighted by Crippen LogP contribution is 2.08. The third kappa shape index (κ3) is 4.41. The zero-order valence-corrected chi connectivity index (χ0v) is 6.28. The summed E-state index contributed by atoms with van der Waals surface area (Å²) in [6, 6.07) is 0. The van der Waals surface area contributed by atoms with Crippen LogP contribution in [-0.4, -0.2) is 6.54 Å². The minimum atomic E-state index is 0.664. The Hall–Kier alpha value is 0.250. The third-order valence-electron chi connectivity index (χ3n) is 1.16. The molecule has 0 N–H and O–H groups in total. The molecule has 0 rings (SSSR count). The molecule has 0 aromatic carbocycles. The van der Waals surface area contributed by atoms with Gasteiger partial charge >= 0.3 is 0 Å². The zero-order chi connectivity index (χ0) is 6.41. The van der Waals surface area contributed by atoms with E-state index in [1.807, 2.05) is 0 Å². The van der Waals surface area contributed by atoms with Gasteiger partial charge in [-0.15, -0.1) is 6.54 Å². The fourth-order valence-electron chi connectivity index (χ4n) is 0.702. The number of halogens is 1. The second-order valence-corrected chi connectivity index (χ2v) is 2.43. The monoisotopic (exact) mass is 134 g/mol. The molecule has 0 saturated carbocycles. The minimum Gasteiger partial charge on any atom is -0.575 e. The summed E-state index contributed by atoms with van der Waals surface area (Å²) in [4.78, 5) is 3.53. The Bertz CT molecular complexity index is 41.8. The molecule has 0 aliphatic heterocycles. The van der Waals surface area contributed by atoms with Crippen LogP contribution < -0.4 is 0 Å². The lowest BCUT2D eigenvalue weighted by atomic mass is 10.1. The van der Waals surface area contributed by atoms with Gasteiger partial charge in [-0.3, -0.25) is 11.8 Å². The van der Waals surface area contributed by atoms with Crippen LogP contribution in [0.15, 0.2) is 0 Å². The molecule has 0 aliphatic carbocycles. The Kier molecular flexibility index (Phi) is 5.56. The zero-order valence-electron chi connectivity index (χ0n) is 5.52. The van der Waals surface area contributed by atoms with E-state index >= 15 is 0 Å². The van der Waals surface area contributed by atoms with Gasteiger partial charge in [0.25, 0.3) is 0 Å². The van der Waals surface area contributed by atoms with E-state index in [1.54, 1.807) is 0 Å². The van der Waals surface area contributed by atoms with Crippen LogP contribution in [-0.2, 0) is 0 Å². The van der Waals surface area contributed by atoms with Crippen LogP contribution in [0.1, 0.15) is 26.7 Å². The van der Waals surface area contributed by atoms with E-state index in [0.29, 0.717) is 5.92 Å². The van der Waals surface area contributed by atoms with E-state index in [0.717, 1.165) is 6.54 Å². The van der Waals surface area contributed by atoms with Crippen molar-refractivity contribution in [1.82, 2.24) is 0 Å². The Balaban J connectivity index is 2.92. The van der Waals surface area contributed by atoms with Gasteiger partial charge in [0.15, 0.2) is 0 Å². The molecule has 1 nitrogen and oxygen atoms in total. The average molecular weight is 135 g/mol. The van der Waals surface area contributed by atoms with Crippen LogP contribution in [0.4, 0.5) is 0 Å². The normalized spacial score (nSPS) is 13.9. The molecule has 1 atom stereocenters. The van der Waals surface area contributed by atoms with Gasteiger partial charge in [-0.05, 0) is 0 Å². The predicted octanol–water partition coefficient (Wildman–Crippen LogP) is 2.95. The molecule has 0 aromatic heterocycles. The van der Waals surface area contributed by atoms with Gasteiger partial charge < -0.3 is 4.84 Å².